The molecule has 0 unspecified atom stereocenters. The Bertz CT molecular complexity index is 1160. The maximum absolute atomic E-state index is 13.5. The molecule has 2 amide bonds. The summed E-state index contributed by atoms with van der Waals surface area (Å²) in [6, 6.07) is 12.2. The number of ether oxygens (including phenoxy) is 2. The lowest BCUT2D eigenvalue weighted by Crippen LogP contribution is -2.29. The second-order valence-corrected chi connectivity index (χ2v) is 7.04. The Labute approximate surface area is 195 Å². The third kappa shape index (κ3) is 6.37. The van der Waals surface area contributed by atoms with Gasteiger partial charge in [-0.15, -0.1) is 5.10 Å². The molecule has 2 aromatic carbocycles. The number of rotatable bonds is 10. The smallest absolute Gasteiger partial charge is 0.302 e. The van der Waals surface area contributed by atoms with Gasteiger partial charge in [0.15, 0.2) is 5.69 Å². The fraction of sp³-hybridized carbons (Fsp3) is 0.261. The third-order valence-electron chi connectivity index (χ3n) is 4.55. The molecule has 0 aliphatic rings. The first-order valence-corrected chi connectivity index (χ1v) is 10.5. The van der Waals surface area contributed by atoms with Crippen LogP contribution in [0.5, 0.6) is 5.75 Å². The minimum Gasteiger partial charge on any atom is -0.487 e. The highest BCUT2D eigenvalue weighted by Gasteiger charge is 2.21. The fourth-order valence-corrected chi connectivity index (χ4v) is 2.98. The van der Waals surface area contributed by atoms with Crippen LogP contribution >= 0.6 is 0 Å². The number of nitrogens with zero attached hydrogens (tertiary/aromatic N) is 3. The summed E-state index contributed by atoms with van der Waals surface area (Å²) >= 11 is 0. The molecule has 3 aromatic rings. The van der Waals surface area contributed by atoms with E-state index in [9.17, 15) is 18.8 Å². The Hall–Kier alpha value is -4.28. The first kappa shape index (κ1) is 24.4. The van der Waals surface area contributed by atoms with Gasteiger partial charge in [-0.3, -0.25) is 14.4 Å². The minimum absolute atomic E-state index is 0.00558. The van der Waals surface area contributed by atoms with Crippen LogP contribution in [-0.2, 0) is 16.1 Å². The molecule has 0 aliphatic heterocycles. The number of aromatic nitrogens is 3. The fourth-order valence-electron chi connectivity index (χ4n) is 2.98. The average Bonchev–Trinajstić information content (AvgIpc) is 3.24. The molecule has 0 saturated carbocycles. The number of carbonyl (C=O) groups excluding carboxylic acids is 3. The van der Waals surface area contributed by atoms with Crippen molar-refractivity contribution in [2.24, 2.45) is 0 Å². The Morgan fingerprint density at radius 1 is 1.06 bits per heavy atom. The first-order chi connectivity index (χ1) is 16.4. The lowest BCUT2D eigenvalue weighted by Gasteiger charge is -2.11. The van der Waals surface area contributed by atoms with Crippen LogP contribution < -0.4 is 15.4 Å². The van der Waals surface area contributed by atoms with Gasteiger partial charge in [-0.25, -0.2) is 9.07 Å². The first-order valence-electron chi connectivity index (χ1n) is 10.5. The molecular formula is C23H24FN5O5. The molecule has 0 atom stereocenters. The number of halogens is 1. The van der Waals surface area contributed by atoms with Crippen LogP contribution in [0.4, 0.5) is 4.39 Å². The van der Waals surface area contributed by atoms with Gasteiger partial charge in [-0.1, -0.05) is 11.3 Å². The second-order valence-electron chi connectivity index (χ2n) is 7.04. The highest BCUT2D eigenvalue weighted by Crippen LogP contribution is 2.19. The van der Waals surface area contributed by atoms with Crippen LogP contribution in [0.25, 0.3) is 5.69 Å². The summed E-state index contributed by atoms with van der Waals surface area (Å²) in [7, 11) is 0. The van der Waals surface area contributed by atoms with Crippen LogP contribution in [0.15, 0.2) is 48.5 Å². The van der Waals surface area contributed by atoms with Crippen molar-refractivity contribution in [2.45, 2.75) is 20.5 Å². The number of benzene rings is 2. The van der Waals surface area contributed by atoms with Gasteiger partial charge in [0.25, 0.3) is 11.8 Å². The number of amides is 2. The van der Waals surface area contributed by atoms with Gasteiger partial charge in [0.2, 0.25) is 0 Å². The van der Waals surface area contributed by atoms with Crippen molar-refractivity contribution in [3.05, 3.63) is 71.3 Å². The Kier molecular flexibility index (Phi) is 8.27. The van der Waals surface area contributed by atoms with E-state index in [2.05, 4.69) is 20.9 Å². The van der Waals surface area contributed by atoms with E-state index in [1.807, 2.05) is 6.92 Å². The number of hydrogen-bond acceptors (Lipinski definition) is 7. The molecule has 0 saturated heterocycles. The molecule has 0 aliphatic carbocycles. The van der Waals surface area contributed by atoms with Crippen LogP contribution in [0.3, 0.4) is 0 Å². The van der Waals surface area contributed by atoms with Gasteiger partial charge < -0.3 is 20.1 Å². The molecule has 1 heterocycles. The van der Waals surface area contributed by atoms with Crippen LogP contribution in [0.1, 0.15) is 40.4 Å². The van der Waals surface area contributed by atoms with E-state index in [-0.39, 0.29) is 37.1 Å². The van der Waals surface area contributed by atoms with Gasteiger partial charge in [0.05, 0.1) is 12.2 Å². The minimum atomic E-state index is -0.546. The molecular weight excluding hydrogens is 445 g/mol. The SMILES string of the molecule is CCNC(=O)c1ccc(-n2nnc(C(=O)NCCOC(C)=O)c2COc2cccc(F)c2)cc1. The Morgan fingerprint density at radius 2 is 1.82 bits per heavy atom. The van der Waals surface area contributed by atoms with Crippen LogP contribution in [0, 0.1) is 5.82 Å². The van der Waals surface area contributed by atoms with E-state index in [0.29, 0.717) is 23.5 Å². The molecule has 0 spiro atoms. The lowest BCUT2D eigenvalue weighted by atomic mass is 10.2. The summed E-state index contributed by atoms with van der Waals surface area (Å²) in [5.74, 6) is -1.42. The summed E-state index contributed by atoms with van der Waals surface area (Å²) < 4.78 is 25.4. The largest absolute Gasteiger partial charge is 0.487 e. The van der Waals surface area contributed by atoms with E-state index in [4.69, 9.17) is 9.47 Å². The van der Waals surface area contributed by atoms with E-state index < -0.39 is 17.7 Å². The predicted molar refractivity (Wildman–Crippen MR) is 119 cm³/mol. The van der Waals surface area contributed by atoms with Gasteiger partial charge >= 0.3 is 5.97 Å². The van der Waals surface area contributed by atoms with Crippen molar-refractivity contribution in [2.75, 3.05) is 19.7 Å². The molecule has 1 aromatic heterocycles. The lowest BCUT2D eigenvalue weighted by molar-refractivity contribution is -0.140. The number of nitrogens with one attached hydrogen (secondary N) is 2. The average molecular weight is 469 g/mol. The highest BCUT2D eigenvalue weighted by molar-refractivity contribution is 5.94. The van der Waals surface area contributed by atoms with E-state index >= 15 is 0 Å². The van der Waals surface area contributed by atoms with Gasteiger partial charge in [0, 0.05) is 25.1 Å². The van der Waals surface area contributed by atoms with Crippen molar-refractivity contribution in [1.82, 2.24) is 25.6 Å². The molecule has 0 radical (unpaired) electrons. The maximum atomic E-state index is 13.5. The maximum Gasteiger partial charge on any atom is 0.302 e. The summed E-state index contributed by atoms with van der Waals surface area (Å²) in [6.45, 7) is 3.54. The zero-order valence-corrected chi connectivity index (χ0v) is 18.7. The van der Waals surface area contributed by atoms with Crippen molar-refractivity contribution in [3.63, 3.8) is 0 Å². The predicted octanol–water partition coefficient (Wildman–Crippen LogP) is 2.03. The number of esters is 1. The molecule has 34 heavy (non-hydrogen) atoms. The molecule has 2 N–H and O–H groups in total. The summed E-state index contributed by atoms with van der Waals surface area (Å²) in [6.07, 6.45) is 0. The molecule has 10 nitrogen and oxygen atoms in total. The van der Waals surface area contributed by atoms with Crippen LogP contribution in [-0.4, -0.2) is 52.5 Å². The van der Waals surface area contributed by atoms with Gasteiger partial charge in [-0.2, -0.15) is 0 Å². The molecule has 178 valence electrons. The zero-order chi connectivity index (χ0) is 24.5. The Morgan fingerprint density at radius 3 is 2.50 bits per heavy atom. The molecule has 3 rings (SSSR count). The van der Waals surface area contributed by atoms with Crippen molar-refractivity contribution in [1.29, 1.82) is 0 Å². The standard InChI is InChI=1S/C23H24FN5O5/c1-3-25-22(31)16-7-9-18(10-8-16)29-20(14-34-19-6-4-5-17(24)13-19)21(27-28-29)23(32)26-11-12-33-15(2)30/h4-10,13H,3,11-12,14H2,1-2H3,(H,25,31)(H,26,32). The summed E-state index contributed by atoms with van der Waals surface area (Å²) in [5.41, 5.74) is 1.30. The normalized spacial score (nSPS) is 10.4. The number of hydrogen-bond donors (Lipinski definition) is 2. The summed E-state index contributed by atoms with van der Waals surface area (Å²) in [5, 5.41) is 13.4. The summed E-state index contributed by atoms with van der Waals surface area (Å²) in [4.78, 5) is 35.6. The molecule has 11 heteroatoms. The van der Waals surface area contributed by atoms with Crippen molar-refractivity contribution in [3.8, 4) is 11.4 Å². The van der Waals surface area contributed by atoms with Gasteiger partial charge in [-0.05, 0) is 43.3 Å². The number of carbonyl (C=O) groups is 3. The van der Waals surface area contributed by atoms with Crippen LogP contribution in [0.2, 0.25) is 0 Å². The third-order valence-corrected chi connectivity index (χ3v) is 4.55. The van der Waals surface area contributed by atoms with E-state index in [1.165, 1.54) is 29.8 Å². The van der Waals surface area contributed by atoms with Gasteiger partial charge in [0.1, 0.15) is 30.5 Å². The van der Waals surface area contributed by atoms with E-state index in [1.54, 1.807) is 30.3 Å². The highest BCUT2D eigenvalue weighted by atomic mass is 19.1. The molecule has 0 bridgehead atoms. The van der Waals surface area contributed by atoms with Crippen molar-refractivity contribution < 1.29 is 28.2 Å². The Balaban J connectivity index is 1.85. The molecule has 0 fully saturated rings. The monoisotopic (exact) mass is 469 g/mol. The quantitative estimate of drug-likeness (QED) is 0.344. The van der Waals surface area contributed by atoms with E-state index in [0.717, 1.165) is 0 Å². The van der Waals surface area contributed by atoms with Crippen molar-refractivity contribution >= 4 is 17.8 Å². The topological polar surface area (TPSA) is 124 Å². The zero-order valence-electron chi connectivity index (χ0n) is 18.7. The second kappa shape index (κ2) is 11.5.